The van der Waals surface area contributed by atoms with Crippen molar-refractivity contribution >= 4 is 40.1 Å². The van der Waals surface area contributed by atoms with Crippen molar-refractivity contribution in [3.05, 3.63) is 101 Å². The summed E-state index contributed by atoms with van der Waals surface area (Å²) in [5.41, 5.74) is 8.48. The van der Waals surface area contributed by atoms with Crippen molar-refractivity contribution in [2.24, 2.45) is 11.5 Å². The molecular formula is C33H35F2N5O5S. The van der Waals surface area contributed by atoms with Gasteiger partial charge in [0.2, 0.25) is 5.60 Å². The van der Waals surface area contributed by atoms with Crippen LogP contribution in [-0.2, 0) is 28.0 Å². The van der Waals surface area contributed by atoms with Crippen LogP contribution in [0.25, 0.3) is 10.4 Å². The molecule has 1 unspecified atom stereocenters. The zero-order chi connectivity index (χ0) is 33.8. The highest BCUT2D eigenvalue weighted by Crippen LogP contribution is 2.40. The van der Waals surface area contributed by atoms with E-state index in [1.807, 2.05) is 6.07 Å². The van der Waals surface area contributed by atoms with Crippen molar-refractivity contribution < 1.29 is 33.0 Å². The van der Waals surface area contributed by atoms with Crippen molar-refractivity contribution in [3.63, 3.8) is 0 Å². The van der Waals surface area contributed by atoms with E-state index in [0.29, 0.717) is 11.3 Å². The topological polar surface area (TPSA) is 170 Å². The van der Waals surface area contributed by atoms with Crippen LogP contribution < -0.4 is 22.1 Å². The number of carbonyl (C=O) groups excluding carboxylic acids is 3. The van der Waals surface area contributed by atoms with Crippen molar-refractivity contribution in [1.82, 2.24) is 10.3 Å². The van der Waals surface area contributed by atoms with Gasteiger partial charge in [0.15, 0.2) is 0 Å². The number of carbonyl (C=O) groups is 3. The number of aromatic nitrogens is 1. The Morgan fingerprint density at radius 3 is 2.20 bits per heavy atom. The van der Waals surface area contributed by atoms with Crippen molar-refractivity contribution in [3.8, 4) is 10.4 Å². The maximum atomic E-state index is 15.1. The van der Waals surface area contributed by atoms with Gasteiger partial charge >= 0.3 is 6.09 Å². The number of nitrogens with zero attached hydrogens (tertiary/aromatic N) is 1. The molecule has 0 aliphatic rings. The Labute approximate surface area is 268 Å². The van der Waals surface area contributed by atoms with Crippen molar-refractivity contribution in [2.75, 3.05) is 5.32 Å². The Kier molecular flexibility index (Phi) is 10.1. The van der Waals surface area contributed by atoms with E-state index in [9.17, 15) is 19.5 Å². The van der Waals surface area contributed by atoms with E-state index < -0.39 is 40.7 Å². The number of nitrogens with one attached hydrogen (secondary N) is 2. The highest BCUT2D eigenvalue weighted by Gasteiger charge is 2.43. The Bertz CT molecular complexity index is 1730. The third kappa shape index (κ3) is 8.03. The molecule has 0 bridgehead atoms. The highest BCUT2D eigenvalue weighted by molar-refractivity contribution is 7.20. The third-order valence-corrected chi connectivity index (χ3v) is 8.04. The molecule has 4 rings (SSSR count). The van der Waals surface area contributed by atoms with E-state index >= 15 is 8.78 Å². The van der Waals surface area contributed by atoms with Gasteiger partial charge in [-0.2, -0.15) is 0 Å². The van der Waals surface area contributed by atoms with Crippen LogP contribution in [0.15, 0.2) is 66.7 Å². The lowest BCUT2D eigenvalue weighted by Gasteiger charge is -2.32. The minimum Gasteiger partial charge on any atom is -0.432 e. The lowest BCUT2D eigenvalue weighted by Crippen LogP contribution is -2.55. The second-order valence-electron chi connectivity index (χ2n) is 11.6. The number of primary amides is 2. The Hall–Kier alpha value is -4.88. The van der Waals surface area contributed by atoms with Crippen LogP contribution in [0.1, 0.15) is 54.9 Å². The summed E-state index contributed by atoms with van der Waals surface area (Å²) in [5.74, 6) is -3.06. The lowest BCUT2D eigenvalue weighted by atomic mass is 9.88. The fraction of sp³-hybridized carbons (Fsp3) is 0.273. The summed E-state index contributed by atoms with van der Waals surface area (Å²) in [6.45, 7) is 6.35. The first-order valence-electron chi connectivity index (χ1n) is 14.3. The van der Waals surface area contributed by atoms with Crippen LogP contribution in [-0.4, -0.2) is 39.6 Å². The van der Waals surface area contributed by atoms with Gasteiger partial charge in [0.05, 0.1) is 16.7 Å². The summed E-state index contributed by atoms with van der Waals surface area (Å²) in [6.07, 6.45) is -1.31. The minimum atomic E-state index is -1.76. The average Bonchev–Trinajstić information content (AvgIpc) is 3.35. The predicted molar refractivity (Wildman–Crippen MR) is 171 cm³/mol. The number of halogens is 2. The zero-order valence-corrected chi connectivity index (χ0v) is 26.5. The summed E-state index contributed by atoms with van der Waals surface area (Å²) >= 11 is 0.874. The van der Waals surface area contributed by atoms with Crippen LogP contribution >= 0.6 is 11.3 Å². The van der Waals surface area contributed by atoms with Crippen LogP contribution in [0.3, 0.4) is 0 Å². The first kappa shape index (κ1) is 34.0. The molecule has 3 amide bonds. The quantitative estimate of drug-likeness (QED) is 0.138. The molecule has 0 spiro atoms. The van der Waals surface area contributed by atoms with Gasteiger partial charge in [-0.1, -0.05) is 36.4 Å². The summed E-state index contributed by atoms with van der Waals surface area (Å²) in [7, 11) is 0. The molecule has 0 fully saturated rings. The van der Waals surface area contributed by atoms with Crippen LogP contribution in [0.4, 0.5) is 24.4 Å². The van der Waals surface area contributed by atoms with Crippen LogP contribution in [0, 0.1) is 11.6 Å². The summed E-state index contributed by atoms with van der Waals surface area (Å²) < 4.78 is 35.8. The van der Waals surface area contributed by atoms with E-state index in [4.69, 9.17) is 16.2 Å². The van der Waals surface area contributed by atoms with Gasteiger partial charge in [-0.15, -0.1) is 11.3 Å². The number of nitrogens with two attached hydrogens (primary N) is 2. The molecule has 0 saturated carbocycles. The second kappa shape index (κ2) is 13.6. The number of aliphatic hydroxyl groups is 1. The number of thiophene rings is 1. The maximum Gasteiger partial charge on any atom is 0.405 e. The molecule has 0 aliphatic carbocycles. The number of hydrogen-bond acceptors (Lipinski definition) is 8. The number of anilines is 2. The van der Waals surface area contributed by atoms with Gasteiger partial charge in [0.25, 0.3) is 11.8 Å². The fourth-order valence-electron chi connectivity index (χ4n) is 4.86. The van der Waals surface area contributed by atoms with Crippen LogP contribution in [0.2, 0.25) is 0 Å². The largest absolute Gasteiger partial charge is 0.432 e. The molecule has 2 aromatic carbocycles. The molecule has 10 nitrogen and oxygen atoms in total. The lowest BCUT2D eigenvalue weighted by molar-refractivity contribution is -0.140. The normalized spacial score (nSPS) is 12.8. The van der Waals surface area contributed by atoms with E-state index in [-0.39, 0.29) is 51.3 Å². The second-order valence-corrected chi connectivity index (χ2v) is 12.7. The number of pyridine rings is 1. The molecule has 4 aromatic rings. The smallest absolute Gasteiger partial charge is 0.405 e. The van der Waals surface area contributed by atoms with Gasteiger partial charge in [-0.3, -0.25) is 9.59 Å². The average molecular weight is 652 g/mol. The molecule has 7 N–H and O–H groups in total. The number of ether oxygens (including phenoxy) is 1. The third-order valence-electron chi connectivity index (χ3n) is 6.97. The molecular weight excluding hydrogens is 616 g/mol. The molecule has 0 aliphatic heterocycles. The van der Waals surface area contributed by atoms with E-state index in [1.165, 1.54) is 19.9 Å². The highest BCUT2D eigenvalue weighted by atomic mass is 32.1. The molecule has 2 heterocycles. The van der Waals surface area contributed by atoms with Crippen molar-refractivity contribution in [1.29, 1.82) is 0 Å². The Balaban J connectivity index is 1.71. The molecule has 0 saturated heterocycles. The summed E-state index contributed by atoms with van der Waals surface area (Å²) in [6, 6.07) is 16.9. The SMILES string of the molecule is CC(C)NC(=O)C(Cc1ccccc1)(Cc1cccc(Nc2sc(-c3c(F)cc(C(C)(C)O)cc3F)cc2C(N)=O)n1)OC(N)=O. The van der Waals surface area contributed by atoms with Crippen LogP contribution in [0.5, 0.6) is 0 Å². The molecule has 1 atom stereocenters. The first-order valence-corrected chi connectivity index (χ1v) is 15.1. The zero-order valence-electron chi connectivity index (χ0n) is 25.7. The van der Waals surface area contributed by atoms with Gasteiger partial charge in [0.1, 0.15) is 22.5 Å². The van der Waals surface area contributed by atoms with Gasteiger partial charge in [0, 0.05) is 29.5 Å². The van der Waals surface area contributed by atoms with E-state index in [0.717, 1.165) is 23.5 Å². The molecule has 46 heavy (non-hydrogen) atoms. The fourth-order valence-corrected chi connectivity index (χ4v) is 5.98. The van der Waals surface area contributed by atoms with Gasteiger partial charge in [-0.05, 0) is 69.2 Å². The van der Waals surface area contributed by atoms with Crippen molar-refractivity contribution in [2.45, 2.75) is 57.8 Å². The van der Waals surface area contributed by atoms with Gasteiger partial charge < -0.3 is 31.9 Å². The standard InChI is InChI=1S/C33H35F2N5O5S/c1-18(2)38-30(42)33(45-31(37)43,16-19-9-6-5-7-10-19)17-21-11-8-12-26(39-21)40-29-22(28(36)41)15-25(46-29)27-23(34)13-20(14-24(27)35)32(3,4)44/h5-15,18,44H,16-17H2,1-4H3,(H2,36,41)(H2,37,43)(H,38,42)(H,39,40). The first-order chi connectivity index (χ1) is 21.6. The van der Waals surface area contributed by atoms with E-state index in [2.05, 4.69) is 15.6 Å². The number of amides is 3. The predicted octanol–water partition coefficient (Wildman–Crippen LogP) is 5.30. The summed E-state index contributed by atoms with van der Waals surface area (Å²) in [5, 5.41) is 16.2. The number of rotatable bonds is 12. The maximum absolute atomic E-state index is 15.1. The summed E-state index contributed by atoms with van der Waals surface area (Å²) in [4.78, 5) is 42.7. The molecule has 2 aromatic heterocycles. The minimum absolute atomic E-state index is 0.00183. The molecule has 242 valence electrons. The monoisotopic (exact) mass is 651 g/mol. The number of hydrogen-bond donors (Lipinski definition) is 5. The Morgan fingerprint density at radius 1 is 0.978 bits per heavy atom. The molecule has 0 radical (unpaired) electrons. The van der Waals surface area contributed by atoms with Gasteiger partial charge in [-0.25, -0.2) is 18.6 Å². The van der Waals surface area contributed by atoms with E-state index in [1.54, 1.807) is 56.3 Å². The Morgan fingerprint density at radius 2 is 1.63 bits per heavy atom. The number of benzene rings is 2. The molecule has 13 heteroatoms.